The van der Waals surface area contributed by atoms with Crippen LogP contribution in [0.25, 0.3) is 0 Å². The summed E-state index contributed by atoms with van der Waals surface area (Å²) in [5.74, 6) is 1.49. The molecule has 1 aliphatic heterocycles. The van der Waals surface area contributed by atoms with Crippen LogP contribution in [0.4, 0.5) is 5.82 Å². The van der Waals surface area contributed by atoms with E-state index in [1.165, 1.54) is 0 Å². The number of ether oxygens (including phenoxy) is 1. The lowest BCUT2D eigenvalue weighted by molar-refractivity contribution is -0.364. The van der Waals surface area contributed by atoms with Gasteiger partial charge >= 0.3 is 0 Å². The fourth-order valence-corrected chi connectivity index (χ4v) is 3.18. The number of unbranched alkanes of at least 4 members (excludes halogenated alkanes) is 1. The number of carbonyl (C=O) groups is 2. The van der Waals surface area contributed by atoms with Gasteiger partial charge < -0.3 is 15.0 Å². The first-order valence-electron chi connectivity index (χ1n) is 10.2. The molecule has 154 valence electrons. The average molecular weight is 397 g/mol. The highest BCUT2D eigenvalue weighted by atomic mass is 16.5. The fourth-order valence-electron chi connectivity index (χ4n) is 3.18. The number of nitrogens with zero attached hydrogens (tertiary/aromatic N) is 2. The van der Waals surface area contributed by atoms with Gasteiger partial charge in [-0.3, -0.25) is 14.5 Å². The minimum atomic E-state index is -0.254. The topological polar surface area (TPSA) is 76.0 Å². The van der Waals surface area contributed by atoms with Crippen LogP contribution in [0.15, 0.2) is 48.7 Å². The molecule has 0 unspecified atom stereocenters. The van der Waals surface area contributed by atoms with Crippen molar-refractivity contribution in [3.05, 3.63) is 54.2 Å². The summed E-state index contributed by atoms with van der Waals surface area (Å²) in [5.41, 5.74) is 0.519. The van der Waals surface area contributed by atoms with Crippen molar-refractivity contribution in [3.63, 3.8) is 0 Å². The molecule has 0 saturated carbocycles. The first-order valence-corrected chi connectivity index (χ1v) is 10.2. The zero-order valence-electron chi connectivity index (χ0n) is 16.9. The number of hydrogen-bond donors (Lipinski definition) is 1. The second-order valence-electron chi connectivity index (χ2n) is 7.02. The number of rotatable bonds is 8. The molecule has 1 fully saturated rings. The summed E-state index contributed by atoms with van der Waals surface area (Å²) in [6.45, 7) is 5.60. The van der Waals surface area contributed by atoms with Crippen LogP contribution in [-0.2, 0) is 4.79 Å². The molecule has 2 N–H and O–H groups in total. The number of nitrogens with one attached hydrogen (secondary N) is 2. The molecule has 2 heterocycles. The summed E-state index contributed by atoms with van der Waals surface area (Å²) in [7, 11) is 0. The number of benzene rings is 1. The quantitative estimate of drug-likeness (QED) is 0.689. The maximum absolute atomic E-state index is 12.4. The van der Waals surface area contributed by atoms with Crippen molar-refractivity contribution >= 4 is 17.6 Å². The Kier molecular flexibility index (Phi) is 7.44. The predicted octanol–water partition coefficient (Wildman–Crippen LogP) is 1.76. The molecule has 0 atom stereocenters. The number of H-pyrrole nitrogens is 1. The number of carbonyl (C=O) groups excluding carboxylic acids is 2. The van der Waals surface area contributed by atoms with Gasteiger partial charge in [-0.1, -0.05) is 19.4 Å². The van der Waals surface area contributed by atoms with E-state index in [0.29, 0.717) is 25.3 Å². The predicted molar refractivity (Wildman–Crippen MR) is 111 cm³/mol. The average Bonchev–Trinajstić information content (AvgIpc) is 2.78. The Balaban J connectivity index is 1.41. The van der Waals surface area contributed by atoms with Crippen molar-refractivity contribution in [2.24, 2.45) is 0 Å². The Morgan fingerprint density at radius 1 is 1.07 bits per heavy atom. The van der Waals surface area contributed by atoms with Gasteiger partial charge in [-0.05, 0) is 36.8 Å². The van der Waals surface area contributed by atoms with E-state index in [-0.39, 0.29) is 18.4 Å². The first kappa shape index (κ1) is 20.6. The fraction of sp³-hybridized carbons (Fsp3) is 0.409. The van der Waals surface area contributed by atoms with E-state index >= 15 is 0 Å². The maximum atomic E-state index is 12.4. The SMILES string of the molecule is CCCCOc1ccc(C(=O)NCC(=O)N2CCN(c3cccc[nH+]3)CC2)cc1. The lowest BCUT2D eigenvalue weighted by Gasteiger charge is -2.31. The summed E-state index contributed by atoms with van der Waals surface area (Å²) in [4.78, 5) is 32.0. The van der Waals surface area contributed by atoms with E-state index < -0.39 is 0 Å². The summed E-state index contributed by atoms with van der Waals surface area (Å²) in [6.07, 6.45) is 3.97. The van der Waals surface area contributed by atoms with Crippen LogP contribution in [-0.4, -0.2) is 56.0 Å². The molecule has 29 heavy (non-hydrogen) atoms. The highest BCUT2D eigenvalue weighted by Crippen LogP contribution is 2.13. The summed E-state index contributed by atoms with van der Waals surface area (Å²) in [6, 6.07) is 13.0. The van der Waals surface area contributed by atoms with Gasteiger partial charge in [-0.25, -0.2) is 4.98 Å². The molecule has 0 aliphatic carbocycles. The summed E-state index contributed by atoms with van der Waals surface area (Å²) >= 11 is 0. The number of pyridine rings is 1. The molecule has 1 aliphatic rings. The van der Waals surface area contributed by atoms with Crippen molar-refractivity contribution in [1.29, 1.82) is 0 Å². The van der Waals surface area contributed by atoms with Crippen LogP contribution in [0.3, 0.4) is 0 Å². The molecule has 1 aromatic carbocycles. The lowest BCUT2D eigenvalue weighted by atomic mass is 10.2. The van der Waals surface area contributed by atoms with Crippen molar-refractivity contribution in [3.8, 4) is 5.75 Å². The van der Waals surface area contributed by atoms with Crippen LogP contribution >= 0.6 is 0 Å². The third kappa shape index (κ3) is 5.94. The number of piperazine rings is 1. The molecule has 1 aromatic heterocycles. The molecule has 0 spiro atoms. The largest absolute Gasteiger partial charge is 0.494 e. The number of hydrogen-bond acceptors (Lipinski definition) is 4. The molecule has 2 aromatic rings. The molecule has 0 radical (unpaired) electrons. The second kappa shape index (κ2) is 10.5. The third-order valence-electron chi connectivity index (χ3n) is 4.95. The van der Waals surface area contributed by atoms with Gasteiger partial charge in [0, 0.05) is 11.6 Å². The van der Waals surface area contributed by atoms with Crippen molar-refractivity contribution in [2.75, 3.05) is 44.2 Å². The van der Waals surface area contributed by atoms with E-state index in [0.717, 1.165) is 37.5 Å². The zero-order valence-corrected chi connectivity index (χ0v) is 16.9. The number of amides is 2. The van der Waals surface area contributed by atoms with Gasteiger partial charge in [0.15, 0.2) is 0 Å². The van der Waals surface area contributed by atoms with Crippen LogP contribution in [0, 0.1) is 0 Å². The van der Waals surface area contributed by atoms with E-state index in [9.17, 15) is 9.59 Å². The number of anilines is 1. The molecule has 3 rings (SSSR count). The minimum Gasteiger partial charge on any atom is -0.494 e. The van der Waals surface area contributed by atoms with Gasteiger partial charge in [-0.2, -0.15) is 0 Å². The molecular formula is C22H29N4O3+. The van der Waals surface area contributed by atoms with Crippen LogP contribution in [0.5, 0.6) is 5.75 Å². The van der Waals surface area contributed by atoms with Crippen molar-refractivity contribution in [1.82, 2.24) is 10.2 Å². The first-order chi connectivity index (χ1) is 14.2. The molecule has 2 amide bonds. The second-order valence-corrected chi connectivity index (χ2v) is 7.02. The number of aromatic amines is 1. The van der Waals surface area contributed by atoms with Gasteiger partial charge in [0.1, 0.15) is 18.8 Å². The highest BCUT2D eigenvalue weighted by molar-refractivity contribution is 5.96. The molecular weight excluding hydrogens is 368 g/mol. The van der Waals surface area contributed by atoms with E-state index in [1.807, 2.05) is 24.4 Å². The molecule has 7 heteroatoms. The minimum absolute atomic E-state index is 0.00501. The lowest BCUT2D eigenvalue weighted by Crippen LogP contribution is -2.52. The Morgan fingerprint density at radius 2 is 1.83 bits per heavy atom. The van der Waals surface area contributed by atoms with Crippen LogP contribution in [0.2, 0.25) is 0 Å². The van der Waals surface area contributed by atoms with Gasteiger partial charge in [0.25, 0.3) is 11.7 Å². The highest BCUT2D eigenvalue weighted by Gasteiger charge is 2.26. The van der Waals surface area contributed by atoms with E-state index in [2.05, 4.69) is 22.1 Å². The summed E-state index contributed by atoms with van der Waals surface area (Å²) < 4.78 is 5.60. The van der Waals surface area contributed by atoms with E-state index in [4.69, 9.17) is 4.74 Å². The third-order valence-corrected chi connectivity index (χ3v) is 4.95. The number of aromatic nitrogens is 1. The Morgan fingerprint density at radius 3 is 2.48 bits per heavy atom. The smallest absolute Gasteiger partial charge is 0.274 e. The Hall–Kier alpha value is -3.09. The molecule has 1 saturated heterocycles. The van der Waals surface area contributed by atoms with Crippen LogP contribution in [0.1, 0.15) is 30.1 Å². The monoisotopic (exact) mass is 397 g/mol. The standard InChI is InChI=1S/C22H28N4O3/c1-2-3-16-29-19-9-7-18(8-10-19)22(28)24-17-21(27)26-14-12-25(13-15-26)20-6-4-5-11-23-20/h4-11H,2-3,12-17H2,1H3,(H,24,28)/p+1. The van der Waals surface area contributed by atoms with Crippen LogP contribution < -0.4 is 19.9 Å². The van der Waals surface area contributed by atoms with Gasteiger partial charge in [-0.15, -0.1) is 0 Å². The van der Waals surface area contributed by atoms with Gasteiger partial charge in [0.2, 0.25) is 5.91 Å². The zero-order chi connectivity index (χ0) is 20.5. The molecule has 7 nitrogen and oxygen atoms in total. The Labute approximate surface area is 171 Å². The summed E-state index contributed by atoms with van der Waals surface area (Å²) in [5, 5.41) is 2.72. The normalized spacial score (nSPS) is 13.8. The maximum Gasteiger partial charge on any atom is 0.274 e. The van der Waals surface area contributed by atoms with Crippen molar-refractivity contribution in [2.45, 2.75) is 19.8 Å². The molecule has 0 bridgehead atoms. The van der Waals surface area contributed by atoms with E-state index in [1.54, 1.807) is 29.2 Å². The Bertz CT molecular complexity index is 787. The van der Waals surface area contributed by atoms with Gasteiger partial charge in [0.05, 0.1) is 32.4 Å². The van der Waals surface area contributed by atoms with Crippen molar-refractivity contribution < 1.29 is 19.3 Å².